The molecule has 1 aliphatic carbocycles. The second-order valence-corrected chi connectivity index (χ2v) is 9.63. The normalized spacial score (nSPS) is 14.2. The average Bonchev–Trinajstić information content (AvgIpc) is 3.61. The second kappa shape index (κ2) is 11.9. The fraction of sp³-hybridized carbons (Fsp3) is 0.241. The van der Waals surface area contributed by atoms with Crippen LogP contribution in [0.25, 0.3) is 5.78 Å². The van der Waals surface area contributed by atoms with Gasteiger partial charge in [-0.3, -0.25) is 9.59 Å². The van der Waals surface area contributed by atoms with Crippen LogP contribution in [-0.4, -0.2) is 50.3 Å². The Balaban J connectivity index is 1.32. The molecule has 0 fully saturated rings. The molecule has 2 aromatic carbocycles. The number of benzene rings is 2. The van der Waals surface area contributed by atoms with Crippen molar-refractivity contribution in [2.24, 2.45) is 0 Å². The Morgan fingerprint density at radius 3 is 2.74 bits per heavy atom. The first kappa shape index (κ1) is 29.2. The lowest BCUT2D eigenvalue weighted by Gasteiger charge is -2.16. The summed E-state index contributed by atoms with van der Waals surface area (Å²) in [7, 11) is 0. The van der Waals surface area contributed by atoms with E-state index in [2.05, 4.69) is 37.0 Å². The van der Waals surface area contributed by atoms with E-state index in [4.69, 9.17) is 4.74 Å². The van der Waals surface area contributed by atoms with E-state index in [1.54, 1.807) is 12.1 Å². The molecule has 1 aliphatic rings. The molecule has 0 radical (unpaired) electrons. The second-order valence-electron chi connectivity index (χ2n) is 9.63. The Labute approximate surface area is 242 Å². The zero-order chi connectivity index (χ0) is 30.7. The number of hydrogen-bond acceptors (Lipinski definition) is 8. The van der Waals surface area contributed by atoms with Gasteiger partial charge in [0.1, 0.15) is 30.1 Å². The molecule has 1 atom stereocenters. The summed E-state index contributed by atoms with van der Waals surface area (Å²) in [5, 5.41) is 9.59. The molecule has 222 valence electrons. The van der Waals surface area contributed by atoms with Crippen molar-refractivity contribution >= 4 is 23.6 Å². The summed E-state index contributed by atoms with van der Waals surface area (Å²) in [6.07, 6.45) is -0.954. The Morgan fingerprint density at radius 1 is 1.16 bits per heavy atom. The zero-order valence-electron chi connectivity index (χ0n) is 22.8. The van der Waals surface area contributed by atoms with Crippen molar-refractivity contribution < 1.29 is 37.0 Å². The number of rotatable bonds is 9. The Hall–Kier alpha value is -5.27. The minimum atomic E-state index is -4.85. The van der Waals surface area contributed by atoms with Gasteiger partial charge < -0.3 is 20.1 Å². The van der Waals surface area contributed by atoms with E-state index in [1.165, 1.54) is 35.1 Å². The summed E-state index contributed by atoms with van der Waals surface area (Å²) < 4.78 is 47.9. The highest BCUT2D eigenvalue weighted by Crippen LogP contribution is 2.35. The smallest absolute Gasteiger partial charge is 0.458 e. The number of alkyl halides is 3. The number of halogens is 3. The average molecular weight is 595 g/mol. The molecule has 4 aromatic rings. The van der Waals surface area contributed by atoms with Gasteiger partial charge in [-0.1, -0.05) is 30.9 Å². The number of fused-ring (bicyclic) bond motifs is 2. The van der Waals surface area contributed by atoms with E-state index in [9.17, 15) is 27.6 Å². The van der Waals surface area contributed by atoms with Crippen LogP contribution < -0.4 is 15.4 Å². The molecule has 2 heterocycles. The van der Waals surface area contributed by atoms with Gasteiger partial charge in [0, 0.05) is 12.6 Å². The summed E-state index contributed by atoms with van der Waals surface area (Å²) in [6, 6.07) is 9.52. The molecule has 0 unspecified atom stereocenters. The summed E-state index contributed by atoms with van der Waals surface area (Å²) in [6.45, 7) is 5.35. The molecule has 0 bridgehead atoms. The molecule has 43 heavy (non-hydrogen) atoms. The first-order valence-electron chi connectivity index (χ1n) is 13.1. The van der Waals surface area contributed by atoms with Crippen molar-refractivity contribution in [3.05, 3.63) is 101 Å². The van der Waals surface area contributed by atoms with E-state index in [-0.39, 0.29) is 36.4 Å². The summed E-state index contributed by atoms with van der Waals surface area (Å²) in [5.41, 5.74) is 3.25. The topological polar surface area (TPSA) is 137 Å². The molecule has 2 aromatic heterocycles. The Kier molecular flexibility index (Phi) is 8.10. The third-order valence-corrected chi connectivity index (χ3v) is 6.85. The Bertz CT molecular complexity index is 1740. The molecular weight excluding hydrogens is 569 g/mol. The van der Waals surface area contributed by atoms with Gasteiger partial charge in [-0.2, -0.15) is 14.6 Å². The van der Waals surface area contributed by atoms with Gasteiger partial charge >= 0.3 is 12.3 Å². The van der Waals surface area contributed by atoms with Crippen LogP contribution in [0.2, 0.25) is 0 Å². The van der Waals surface area contributed by atoms with Gasteiger partial charge in [-0.25, -0.2) is 9.78 Å². The van der Waals surface area contributed by atoms with Crippen LogP contribution >= 0.6 is 0 Å². The predicted molar refractivity (Wildman–Crippen MR) is 145 cm³/mol. The van der Waals surface area contributed by atoms with Gasteiger partial charge in [-0.15, -0.1) is 13.2 Å². The maximum atomic E-state index is 13.5. The fourth-order valence-electron chi connectivity index (χ4n) is 4.91. The van der Waals surface area contributed by atoms with Crippen LogP contribution in [0.3, 0.4) is 0 Å². The summed E-state index contributed by atoms with van der Waals surface area (Å²) >= 11 is 0. The van der Waals surface area contributed by atoms with Crippen LogP contribution in [0.1, 0.15) is 66.1 Å². The quantitative estimate of drug-likeness (QED) is 0.219. The van der Waals surface area contributed by atoms with Gasteiger partial charge in [0.15, 0.2) is 0 Å². The predicted octanol–water partition coefficient (Wildman–Crippen LogP) is 4.02. The number of nitrogens with zero attached hydrogens (tertiary/aromatic N) is 4. The number of aromatic nitrogens is 4. The number of amides is 2. The summed E-state index contributed by atoms with van der Waals surface area (Å²) in [5.74, 6) is -2.09. The van der Waals surface area contributed by atoms with Crippen LogP contribution in [0, 0.1) is 6.92 Å². The van der Waals surface area contributed by atoms with Crippen molar-refractivity contribution in [3.8, 4) is 5.75 Å². The van der Waals surface area contributed by atoms with Gasteiger partial charge in [-0.05, 0) is 60.2 Å². The highest BCUT2D eigenvalue weighted by molar-refractivity contribution is 5.98. The number of carbonyl (C=O) groups excluding carboxylic acids is 3. The maximum absolute atomic E-state index is 13.5. The largest absolute Gasteiger partial charge is 0.573 e. The third kappa shape index (κ3) is 6.47. The van der Waals surface area contributed by atoms with Gasteiger partial charge in [0.2, 0.25) is 0 Å². The van der Waals surface area contributed by atoms with Crippen LogP contribution in [-0.2, 0) is 17.7 Å². The number of hydrogen-bond donors (Lipinski definition) is 2. The summed E-state index contributed by atoms with van der Waals surface area (Å²) in [4.78, 5) is 47.0. The SMILES string of the molecule is C=CCOC(=O)c1ccc2c(c1C)CC[C@@H]2NC(=O)c1cc(C(=O)NCc2cccc(OC(F)(F)F)c2)nc2ncnn12. The third-order valence-electron chi connectivity index (χ3n) is 6.85. The first-order valence-corrected chi connectivity index (χ1v) is 13.1. The lowest BCUT2D eigenvalue weighted by molar-refractivity contribution is -0.274. The van der Waals surface area contributed by atoms with Crippen molar-refractivity contribution in [1.29, 1.82) is 0 Å². The maximum Gasteiger partial charge on any atom is 0.573 e. The minimum absolute atomic E-state index is 0.00280. The minimum Gasteiger partial charge on any atom is -0.458 e. The molecule has 0 aliphatic heterocycles. The zero-order valence-corrected chi connectivity index (χ0v) is 22.8. The number of esters is 1. The molecule has 2 N–H and O–H groups in total. The molecule has 0 saturated carbocycles. The molecule has 11 nitrogen and oxygen atoms in total. The van der Waals surface area contributed by atoms with Gasteiger partial charge in [0.25, 0.3) is 17.6 Å². The van der Waals surface area contributed by atoms with Crippen molar-refractivity contribution in [2.45, 2.75) is 38.7 Å². The lowest BCUT2D eigenvalue weighted by Crippen LogP contribution is -2.30. The van der Waals surface area contributed by atoms with Crippen molar-refractivity contribution in [1.82, 2.24) is 30.2 Å². The van der Waals surface area contributed by atoms with Crippen LogP contribution in [0.5, 0.6) is 5.75 Å². The lowest BCUT2D eigenvalue weighted by atomic mass is 9.98. The highest BCUT2D eigenvalue weighted by Gasteiger charge is 2.31. The van der Waals surface area contributed by atoms with Gasteiger partial charge in [0.05, 0.1) is 11.6 Å². The van der Waals surface area contributed by atoms with Crippen molar-refractivity contribution in [2.75, 3.05) is 6.61 Å². The highest BCUT2D eigenvalue weighted by atomic mass is 19.4. The van der Waals surface area contributed by atoms with E-state index in [0.717, 1.165) is 28.8 Å². The number of nitrogens with one attached hydrogen (secondary N) is 2. The molecule has 0 saturated heterocycles. The molecule has 14 heteroatoms. The van der Waals surface area contributed by atoms with Crippen molar-refractivity contribution in [3.63, 3.8) is 0 Å². The molecule has 2 amide bonds. The fourth-order valence-corrected chi connectivity index (χ4v) is 4.91. The standard InChI is InChI=1S/C29H25F3N6O5/c1-3-11-42-27(41)20-7-8-21-19(16(20)2)9-10-22(21)36-26(40)24-13-23(37-28-34-15-35-38(24)28)25(39)33-14-17-5-4-6-18(12-17)43-29(30,31)32/h3-8,12-13,15,22H,1,9-11,14H2,2H3,(H,33,39)(H,36,40)/t22-/m0/s1. The Morgan fingerprint density at radius 2 is 1.98 bits per heavy atom. The van der Waals surface area contributed by atoms with E-state index in [1.807, 2.05) is 6.92 Å². The first-order chi connectivity index (χ1) is 20.5. The van der Waals surface area contributed by atoms with E-state index in [0.29, 0.717) is 24.0 Å². The van der Waals surface area contributed by atoms with E-state index < -0.39 is 29.9 Å². The molecule has 0 spiro atoms. The van der Waals surface area contributed by atoms with E-state index >= 15 is 0 Å². The number of carbonyl (C=O) groups is 3. The molecular formula is C29H25F3N6O5. The van der Waals surface area contributed by atoms with Crippen LogP contribution in [0.15, 0.2) is 61.4 Å². The number of ether oxygens (including phenoxy) is 2. The molecule has 5 rings (SSSR count). The van der Waals surface area contributed by atoms with Crippen LogP contribution in [0.4, 0.5) is 13.2 Å². The monoisotopic (exact) mass is 594 g/mol.